The minimum atomic E-state index is 0.147. The van der Waals surface area contributed by atoms with Crippen molar-refractivity contribution in [1.82, 2.24) is 9.55 Å². The molecule has 0 atom stereocenters. The van der Waals surface area contributed by atoms with E-state index >= 15 is 0 Å². The second kappa shape index (κ2) is 4.17. The molecule has 0 spiro atoms. The molecule has 0 saturated carbocycles. The number of hydrogen-bond donors (Lipinski definition) is 0. The molecule has 0 saturated heterocycles. The van der Waals surface area contributed by atoms with Crippen LogP contribution in [0.25, 0.3) is 0 Å². The fraction of sp³-hybridized carbons (Fsp3) is 0.667. The summed E-state index contributed by atoms with van der Waals surface area (Å²) in [6.07, 6.45) is 3.29. The van der Waals surface area contributed by atoms with E-state index in [0.717, 1.165) is 12.2 Å². The number of carbonyl (C=O) groups is 1. The van der Waals surface area contributed by atoms with Gasteiger partial charge in [-0.1, -0.05) is 20.8 Å². The smallest absolute Gasteiger partial charge is 0.182 e. The van der Waals surface area contributed by atoms with Crippen LogP contribution in [0.1, 0.15) is 49.9 Å². The van der Waals surface area contributed by atoms with Gasteiger partial charge in [0.15, 0.2) is 5.78 Å². The molecule has 1 rings (SSSR count). The molecule has 3 nitrogen and oxygen atoms in total. The topological polar surface area (TPSA) is 34.9 Å². The Morgan fingerprint density at radius 1 is 1.47 bits per heavy atom. The Morgan fingerprint density at radius 3 is 2.47 bits per heavy atom. The maximum Gasteiger partial charge on any atom is 0.182 e. The van der Waals surface area contributed by atoms with E-state index in [4.69, 9.17) is 0 Å². The van der Waals surface area contributed by atoms with Crippen molar-refractivity contribution in [2.45, 2.75) is 40.5 Å². The Bertz CT molecular complexity index is 339. The second-order valence-electron chi connectivity index (χ2n) is 5.27. The van der Waals surface area contributed by atoms with E-state index in [1.54, 1.807) is 6.20 Å². The summed E-state index contributed by atoms with van der Waals surface area (Å²) in [5.41, 5.74) is 0.804. The zero-order valence-corrected chi connectivity index (χ0v) is 10.3. The molecule has 15 heavy (non-hydrogen) atoms. The molecule has 0 unspecified atom stereocenters. The van der Waals surface area contributed by atoms with Gasteiger partial charge in [-0.15, -0.1) is 0 Å². The third kappa shape index (κ3) is 3.50. The summed E-state index contributed by atoms with van der Waals surface area (Å²) in [6.45, 7) is 8.33. The molecule has 0 aliphatic carbocycles. The minimum Gasteiger partial charge on any atom is -0.337 e. The number of aromatic nitrogens is 2. The highest BCUT2D eigenvalue weighted by molar-refractivity contribution is 5.94. The van der Waals surface area contributed by atoms with Crippen LogP contribution in [0.15, 0.2) is 6.20 Å². The van der Waals surface area contributed by atoms with Crippen molar-refractivity contribution in [2.75, 3.05) is 0 Å². The summed E-state index contributed by atoms with van der Waals surface area (Å²) in [4.78, 5) is 16.0. The zero-order chi connectivity index (χ0) is 11.6. The number of rotatable bonds is 3. The molecular weight excluding hydrogens is 188 g/mol. The minimum absolute atomic E-state index is 0.147. The van der Waals surface area contributed by atoms with Gasteiger partial charge in [0.05, 0.1) is 0 Å². The van der Waals surface area contributed by atoms with E-state index in [0.29, 0.717) is 12.1 Å². The van der Waals surface area contributed by atoms with Crippen LogP contribution in [0.5, 0.6) is 0 Å². The molecule has 0 aliphatic rings. The zero-order valence-electron chi connectivity index (χ0n) is 10.3. The molecule has 3 heteroatoms. The molecule has 0 amide bonds. The molecule has 0 N–H and O–H groups in total. The van der Waals surface area contributed by atoms with Gasteiger partial charge < -0.3 is 4.57 Å². The number of nitrogens with zero attached hydrogens (tertiary/aromatic N) is 2. The van der Waals surface area contributed by atoms with Gasteiger partial charge in [-0.2, -0.15) is 0 Å². The van der Waals surface area contributed by atoms with Crippen molar-refractivity contribution >= 4 is 5.78 Å². The summed E-state index contributed by atoms with van der Waals surface area (Å²) in [6, 6.07) is 0. The second-order valence-corrected chi connectivity index (χ2v) is 5.27. The molecule has 0 radical (unpaired) electrons. The summed E-state index contributed by atoms with van der Waals surface area (Å²) < 4.78 is 1.88. The van der Waals surface area contributed by atoms with E-state index in [9.17, 15) is 4.79 Å². The Kier molecular flexibility index (Phi) is 3.32. The van der Waals surface area contributed by atoms with Crippen molar-refractivity contribution < 1.29 is 4.79 Å². The Hall–Kier alpha value is -1.12. The van der Waals surface area contributed by atoms with Crippen molar-refractivity contribution in [3.05, 3.63) is 17.7 Å². The van der Waals surface area contributed by atoms with Crippen LogP contribution < -0.4 is 0 Å². The monoisotopic (exact) mass is 208 g/mol. The van der Waals surface area contributed by atoms with Crippen molar-refractivity contribution in [3.8, 4) is 0 Å². The quantitative estimate of drug-likeness (QED) is 0.716. The van der Waals surface area contributed by atoms with Crippen LogP contribution in [0, 0.1) is 12.3 Å². The fourth-order valence-electron chi connectivity index (χ4n) is 1.31. The number of aryl methyl sites for hydroxylation is 2. The highest BCUT2D eigenvalue weighted by Crippen LogP contribution is 2.21. The molecular formula is C12H20N2O. The molecule has 0 fully saturated rings. The first-order valence-corrected chi connectivity index (χ1v) is 5.33. The van der Waals surface area contributed by atoms with Gasteiger partial charge >= 0.3 is 0 Å². The van der Waals surface area contributed by atoms with Gasteiger partial charge in [0.25, 0.3) is 0 Å². The maximum atomic E-state index is 11.8. The summed E-state index contributed by atoms with van der Waals surface area (Å²) >= 11 is 0. The lowest BCUT2D eigenvalue weighted by Crippen LogP contribution is -2.09. The van der Waals surface area contributed by atoms with E-state index < -0.39 is 0 Å². The van der Waals surface area contributed by atoms with E-state index in [1.807, 2.05) is 18.5 Å². The summed E-state index contributed by atoms with van der Waals surface area (Å²) in [5.74, 6) is 1.03. The van der Waals surface area contributed by atoms with Crippen LogP contribution >= 0.6 is 0 Å². The molecule has 1 aromatic rings. The molecule has 1 aromatic heterocycles. The average molecular weight is 208 g/mol. The van der Waals surface area contributed by atoms with Crippen LogP contribution in [-0.2, 0) is 7.05 Å². The van der Waals surface area contributed by atoms with E-state index in [-0.39, 0.29) is 11.2 Å². The first-order valence-electron chi connectivity index (χ1n) is 5.33. The number of ketones is 1. The van der Waals surface area contributed by atoms with E-state index in [1.165, 1.54) is 0 Å². The van der Waals surface area contributed by atoms with Gasteiger partial charge in [-0.25, -0.2) is 4.98 Å². The maximum absolute atomic E-state index is 11.8. The summed E-state index contributed by atoms with van der Waals surface area (Å²) in [7, 11) is 1.91. The molecule has 1 heterocycles. The highest BCUT2D eigenvalue weighted by Gasteiger charge is 2.16. The lowest BCUT2D eigenvalue weighted by molar-refractivity contribution is 0.0961. The SMILES string of the molecule is Cc1nc(C(=O)CCC(C)(C)C)cn1C. The van der Waals surface area contributed by atoms with Gasteiger partial charge in [0.1, 0.15) is 11.5 Å². The predicted octanol–water partition coefficient (Wildman–Crippen LogP) is 2.74. The largest absolute Gasteiger partial charge is 0.337 e. The van der Waals surface area contributed by atoms with Crippen molar-refractivity contribution in [1.29, 1.82) is 0 Å². The number of imidazole rings is 1. The number of carbonyl (C=O) groups excluding carboxylic acids is 1. The Balaban J connectivity index is 2.62. The molecule has 0 aromatic carbocycles. The van der Waals surface area contributed by atoms with Crippen molar-refractivity contribution in [3.63, 3.8) is 0 Å². The van der Waals surface area contributed by atoms with Gasteiger partial charge in [0, 0.05) is 19.7 Å². The number of hydrogen-bond acceptors (Lipinski definition) is 2. The lowest BCUT2D eigenvalue weighted by atomic mass is 9.89. The first kappa shape index (κ1) is 12.0. The first-order chi connectivity index (χ1) is 6.79. The highest BCUT2D eigenvalue weighted by atomic mass is 16.1. The number of Topliss-reactive ketones (excluding diaryl/α,β-unsaturated/α-hetero) is 1. The average Bonchev–Trinajstić information content (AvgIpc) is 2.42. The van der Waals surface area contributed by atoms with Gasteiger partial charge in [0.2, 0.25) is 0 Å². The van der Waals surface area contributed by atoms with Crippen LogP contribution in [0.3, 0.4) is 0 Å². The van der Waals surface area contributed by atoms with E-state index in [2.05, 4.69) is 25.8 Å². The van der Waals surface area contributed by atoms with Gasteiger partial charge in [-0.05, 0) is 18.8 Å². The van der Waals surface area contributed by atoms with Gasteiger partial charge in [-0.3, -0.25) is 4.79 Å². The third-order valence-corrected chi connectivity index (χ3v) is 2.50. The lowest BCUT2D eigenvalue weighted by Gasteiger charge is -2.16. The standard InChI is InChI=1S/C12H20N2O/c1-9-13-10(8-14(9)5)11(15)6-7-12(2,3)4/h8H,6-7H2,1-5H3. The van der Waals surface area contributed by atoms with Crippen LogP contribution in [0.4, 0.5) is 0 Å². The van der Waals surface area contributed by atoms with Crippen LogP contribution in [-0.4, -0.2) is 15.3 Å². The fourth-order valence-corrected chi connectivity index (χ4v) is 1.31. The van der Waals surface area contributed by atoms with Crippen molar-refractivity contribution in [2.24, 2.45) is 12.5 Å². The van der Waals surface area contributed by atoms with Crippen LogP contribution in [0.2, 0.25) is 0 Å². The normalized spacial score (nSPS) is 11.8. The Morgan fingerprint density at radius 2 is 2.07 bits per heavy atom. The summed E-state index contributed by atoms with van der Waals surface area (Å²) in [5, 5.41) is 0. The Labute approximate surface area is 91.5 Å². The molecule has 0 bridgehead atoms. The molecule has 0 aliphatic heterocycles. The predicted molar refractivity (Wildman–Crippen MR) is 61.0 cm³/mol. The molecule has 84 valence electrons. The third-order valence-electron chi connectivity index (χ3n) is 2.50.